The summed E-state index contributed by atoms with van der Waals surface area (Å²) in [5.41, 5.74) is 0.533. The van der Waals surface area contributed by atoms with Crippen LogP contribution in [0.3, 0.4) is 0 Å². The highest BCUT2D eigenvalue weighted by atomic mass is 16.6. The highest BCUT2D eigenvalue weighted by molar-refractivity contribution is 6.06. The molecule has 1 saturated carbocycles. The van der Waals surface area contributed by atoms with E-state index in [9.17, 15) is 9.59 Å². The molecule has 3 aliphatic rings. The number of carbonyl (C=O) groups excluding carboxylic acids is 2. The van der Waals surface area contributed by atoms with Crippen molar-refractivity contribution >= 4 is 11.9 Å². The number of nitrogens with zero attached hydrogens (tertiary/aromatic N) is 2. The van der Waals surface area contributed by atoms with Crippen molar-refractivity contribution in [2.75, 3.05) is 6.54 Å². The number of aryl methyl sites for hydroxylation is 1. The predicted octanol–water partition coefficient (Wildman–Crippen LogP) is 2.57. The fourth-order valence-corrected chi connectivity index (χ4v) is 3.62. The molecule has 22 heavy (non-hydrogen) atoms. The first-order valence-corrected chi connectivity index (χ1v) is 7.47. The Kier molecular flexibility index (Phi) is 2.34. The Hall–Kier alpha value is -2.11. The largest absolute Gasteiger partial charge is 0.443 e. The lowest BCUT2D eigenvalue weighted by atomic mass is 9.89. The molecular weight excluding hydrogens is 284 g/mol. The first kappa shape index (κ1) is 13.5. The zero-order valence-corrected chi connectivity index (χ0v) is 13.1. The minimum atomic E-state index is -0.564. The zero-order chi connectivity index (χ0) is 15.9. The molecule has 0 aromatic carbocycles. The van der Waals surface area contributed by atoms with Crippen LogP contribution in [-0.2, 0) is 10.2 Å². The third-order valence-electron chi connectivity index (χ3n) is 4.52. The third-order valence-corrected chi connectivity index (χ3v) is 4.52. The van der Waals surface area contributed by atoms with Crippen LogP contribution in [0.1, 0.15) is 49.3 Å². The quantitative estimate of drug-likeness (QED) is 0.736. The van der Waals surface area contributed by atoms with Gasteiger partial charge in [0, 0.05) is 25.2 Å². The molecule has 4 rings (SSSR count). The summed E-state index contributed by atoms with van der Waals surface area (Å²) in [7, 11) is 0. The number of ether oxygens (including phenoxy) is 1. The number of hydrogen-bond acceptors (Lipinski definition) is 5. The highest BCUT2D eigenvalue weighted by Crippen LogP contribution is 2.66. The van der Waals surface area contributed by atoms with Crippen molar-refractivity contribution in [2.45, 2.75) is 45.1 Å². The topological polar surface area (TPSA) is 72.6 Å². The number of piperidine rings is 1. The first-order valence-electron chi connectivity index (χ1n) is 7.47. The molecule has 116 valence electrons. The number of fused-ring (bicyclic) bond motifs is 1. The van der Waals surface area contributed by atoms with Crippen molar-refractivity contribution in [2.24, 2.45) is 5.92 Å². The van der Waals surface area contributed by atoms with Gasteiger partial charge in [0.25, 0.3) is 0 Å². The molecule has 2 aliphatic carbocycles. The average molecular weight is 302 g/mol. The molecule has 1 aromatic heterocycles. The van der Waals surface area contributed by atoms with Gasteiger partial charge in [-0.2, -0.15) is 0 Å². The minimum absolute atomic E-state index is 0.225. The normalized spacial score (nSPS) is 28.7. The maximum Gasteiger partial charge on any atom is 0.414 e. The summed E-state index contributed by atoms with van der Waals surface area (Å²) in [6, 6.07) is 0. The number of rotatable bonds is 0. The zero-order valence-electron chi connectivity index (χ0n) is 13.1. The Labute approximate surface area is 128 Å². The number of ketones is 1. The second-order valence-electron chi connectivity index (χ2n) is 7.27. The van der Waals surface area contributed by atoms with Gasteiger partial charge >= 0.3 is 6.09 Å². The number of hydrogen-bond donors (Lipinski definition) is 0. The minimum Gasteiger partial charge on any atom is -0.443 e. The van der Waals surface area contributed by atoms with Gasteiger partial charge in [-0.1, -0.05) is 0 Å². The van der Waals surface area contributed by atoms with E-state index in [-0.39, 0.29) is 11.2 Å². The SMILES string of the molecule is Cc1nc2c(o1)C(=O)C=C1N(C(=O)OC(C)(C)C)CC3CC123. The molecule has 1 saturated heterocycles. The molecule has 2 heterocycles. The Morgan fingerprint density at radius 1 is 1.50 bits per heavy atom. The number of oxazole rings is 1. The van der Waals surface area contributed by atoms with Gasteiger partial charge in [0.1, 0.15) is 11.3 Å². The van der Waals surface area contributed by atoms with Gasteiger partial charge < -0.3 is 9.15 Å². The maximum atomic E-state index is 12.4. The second kappa shape index (κ2) is 3.80. The summed E-state index contributed by atoms with van der Waals surface area (Å²) in [6.07, 6.45) is 2.02. The van der Waals surface area contributed by atoms with Gasteiger partial charge in [-0.3, -0.25) is 9.69 Å². The van der Waals surface area contributed by atoms with Crippen molar-refractivity contribution in [1.82, 2.24) is 9.88 Å². The van der Waals surface area contributed by atoms with Crippen LogP contribution in [0.25, 0.3) is 0 Å². The number of likely N-dealkylation sites (tertiary alicyclic amines) is 1. The van der Waals surface area contributed by atoms with E-state index in [1.165, 1.54) is 6.08 Å². The predicted molar refractivity (Wildman–Crippen MR) is 76.4 cm³/mol. The Morgan fingerprint density at radius 2 is 2.23 bits per heavy atom. The fourth-order valence-electron chi connectivity index (χ4n) is 3.62. The van der Waals surface area contributed by atoms with Gasteiger partial charge in [-0.25, -0.2) is 9.78 Å². The molecule has 2 unspecified atom stereocenters. The molecule has 0 bridgehead atoms. The van der Waals surface area contributed by atoms with Crippen LogP contribution in [0.2, 0.25) is 0 Å². The van der Waals surface area contributed by atoms with E-state index >= 15 is 0 Å². The van der Waals surface area contributed by atoms with Crippen LogP contribution in [0.5, 0.6) is 0 Å². The molecule has 2 atom stereocenters. The van der Waals surface area contributed by atoms with E-state index < -0.39 is 11.7 Å². The number of carbonyl (C=O) groups is 2. The molecule has 1 amide bonds. The fraction of sp³-hybridized carbons (Fsp3) is 0.562. The third kappa shape index (κ3) is 1.63. The van der Waals surface area contributed by atoms with Crippen molar-refractivity contribution in [1.29, 1.82) is 0 Å². The average Bonchev–Trinajstić information content (AvgIpc) is 2.78. The molecule has 6 nitrogen and oxygen atoms in total. The van der Waals surface area contributed by atoms with Crippen LogP contribution >= 0.6 is 0 Å². The summed E-state index contributed by atoms with van der Waals surface area (Å²) < 4.78 is 10.9. The van der Waals surface area contributed by atoms with E-state index in [0.717, 1.165) is 12.1 Å². The van der Waals surface area contributed by atoms with E-state index in [2.05, 4.69) is 4.98 Å². The molecule has 0 radical (unpaired) electrons. The highest BCUT2D eigenvalue weighted by Gasteiger charge is 2.69. The van der Waals surface area contributed by atoms with E-state index in [4.69, 9.17) is 9.15 Å². The van der Waals surface area contributed by atoms with Crippen LogP contribution in [-0.4, -0.2) is 33.9 Å². The van der Waals surface area contributed by atoms with E-state index in [0.29, 0.717) is 29.8 Å². The van der Waals surface area contributed by atoms with Crippen LogP contribution in [0, 0.1) is 12.8 Å². The molecule has 1 spiro atoms. The molecular formula is C16H18N2O4. The standard InChI is InChI=1S/C16H18N2O4/c1-8-17-13-12(21-8)10(19)5-11-16(13)6-9(16)7-18(11)14(20)22-15(2,3)4/h5,9H,6-7H2,1-4H3. The van der Waals surface area contributed by atoms with Crippen molar-refractivity contribution in [3.8, 4) is 0 Å². The summed E-state index contributed by atoms with van der Waals surface area (Å²) >= 11 is 0. The van der Waals surface area contributed by atoms with E-state index in [1.54, 1.807) is 11.8 Å². The lowest BCUT2D eigenvalue weighted by Crippen LogP contribution is -2.37. The lowest BCUT2D eigenvalue weighted by Gasteiger charge is -2.29. The Morgan fingerprint density at radius 3 is 2.91 bits per heavy atom. The lowest BCUT2D eigenvalue weighted by molar-refractivity contribution is 0.0322. The number of amides is 1. The summed E-state index contributed by atoms with van der Waals surface area (Å²) in [6.45, 7) is 7.80. The number of aromatic nitrogens is 1. The first-order chi connectivity index (χ1) is 10.2. The Bertz CT molecular complexity index is 740. The maximum absolute atomic E-state index is 12.4. The van der Waals surface area contributed by atoms with Gasteiger partial charge in [0.05, 0.1) is 5.41 Å². The van der Waals surface area contributed by atoms with Crippen LogP contribution < -0.4 is 0 Å². The molecule has 1 aromatic rings. The second-order valence-corrected chi connectivity index (χ2v) is 7.27. The van der Waals surface area contributed by atoms with Gasteiger partial charge in [0.15, 0.2) is 11.7 Å². The van der Waals surface area contributed by atoms with E-state index in [1.807, 2.05) is 20.8 Å². The van der Waals surface area contributed by atoms with Gasteiger partial charge in [0.2, 0.25) is 5.78 Å². The van der Waals surface area contributed by atoms with Gasteiger partial charge in [-0.05, 0) is 33.1 Å². The summed E-state index contributed by atoms with van der Waals surface area (Å²) in [5, 5.41) is 0. The number of allylic oxidation sites excluding steroid dienone is 2. The summed E-state index contributed by atoms with van der Waals surface area (Å²) in [4.78, 5) is 30.7. The Balaban J connectivity index is 1.73. The molecule has 6 heteroatoms. The molecule has 2 fully saturated rings. The van der Waals surface area contributed by atoms with Crippen LogP contribution in [0.15, 0.2) is 16.2 Å². The smallest absolute Gasteiger partial charge is 0.414 e. The van der Waals surface area contributed by atoms with Crippen molar-refractivity contribution in [3.63, 3.8) is 0 Å². The monoisotopic (exact) mass is 302 g/mol. The van der Waals surface area contributed by atoms with Crippen molar-refractivity contribution in [3.05, 3.63) is 29.1 Å². The van der Waals surface area contributed by atoms with Crippen molar-refractivity contribution < 1.29 is 18.7 Å². The van der Waals surface area contributed by atoms with Gasteiger partial charge in [-0.15, -0.1) is 0 Å². The molecule has 1 aliphatic heterocycles. The summed E-state index contributed by atoms with van der Waals surface area (Å²) in [5.74, 6) is 0.887. The molecule has 0 N–H and O–H groups in total. The van der Waals surface area contributed by atoms with Crippen LogP contribution in [0.4, 0.5) is 4.79 Å².